The number of rotatable bonds is 5. The molecule has 2 N–H and O–H groups in total. The van der Waals surface area contributed by atoms with E-state index in [4.69, 9.17) is 10.2 Å². The van der Waals surface area contributed by atoms with Gasteiger partial charge in [0.1, 0.15) is 5.52 Å². The monoisotopic (exact) mass is 251 g/mol. The van der Waals surface area contributed by atoms with Crippen molar-refractivity contribution in [2.24, 2.45) is 0 Å². The molecule has 0 amide bonds. The lowest BCUT2D eigenvalue weighted by Gasteiger charge is -2.07. The molecule has 0 saturated heterocycles. The molecule has 0 spiro atoms. The van der Waals surface area contributed by atoms with E-state index in [1.54, 1.807) is 0 Å². The minimum atomic E-state index is 0.677. The van der Waals surface area contributed by atoms with E-state index in [2.05, 4.69) is 24.0 Å². The third kappa shape index (κ3) is 3.14. The van der Waals surface area contributed by atoms with E-state index in [0.717, 1.165) is 35.0 Å². The Balaban J connectivity index is 1.98. The van der Waals surface area contributed by atoms with Crippen LogP contribution < -0.4 is 5.73 Å². The molecule has 92 valence electrons. The van der Waals surface area contributed by atoms with E-state index in [9.17, 15) is 0 Å². The van der Waals surface area contributed by atoms with Crippen LogP contribution >= 0.6 is 11.8 Å². The molecule has 0 aliphatic carbocycles. The van der Waals surface area contributed by atoms with E-state index in [0.29, 0.717) is 5.69 Å². The van der Waals surface area contributed by atoms with Gasteiger partial charge in [0.05, 0.1) is 11.4 Å². The van der Waals surface area contributed by atoms with Crippen molar-refractivity contribution in [1.29, 1.82) is 0 Å². The average molecular weight is 251 g/mol. The molecule has 1 heterocycles. The van der Waals surface area contributed by atoms with E-state index in [1.165, 1.54) is 0 Å². The van der Waals surface area contributed by atoms with E-state index < -0.39 is 0 Å². The molecule has 0 radical (unpaired) electrons. The highest BCUT2D eigenvalue weighted by Gasteiger charge is 2.07. The molecule has 4 nitrogen and oxygen atoms in total. The number of hydrogen-bond acceptors (Lipinski definition) is 5. The van der Waals surface area contributed by atoms with Crippen LogP contribution in [0.1, 0.15) is 5.89 Å². The van der Waals surface area contributed by atoms with Crippen molar-refractivity contribution < 1.29 is 4.42 Å². The molecule has 0 fully saturated rings. The van der Waals surface area contributed by atoms with Gasteiger partial charge in [0.25, 0.3) is 0 Å². The van der Waals surface area contributed by atoms with Gasteiger partial charge in [0.15, 0.2) is 5.58 Å². The highest BCUT2D eigenvalue weighted by Crippen LogP contribution is 2.23. The Labute approximate surface area is 105 Å². The first-order chi connectivity index (χ1) is 8.16. The van der Waals surface area contributed by atoms with Gasteiger partial charge in [0.2, 0.25) is 5.89 Å². The maximum atomic E-state index is 5.83. The number of nitrogen functional groups attached to an aromatic ring is 1. The van der Waals surface area contributed by atoms with E-state index in [-0.39, 0.29) is 0 Å². The zero-order valence-electron chi connectivity index (χ0n) is 10.1. The molecule has 0 atom stereocenters. The first-order valence-electron chi connectivity index (χ1n) is 5.53. The van der Waals surface area contributed by atoms with Crippen LogP contribution in [0.2, 0.25) is 0 Å². The lowest BCUT2D eigenvalue weighted by Crippen LogP contribution is -2.14. The minimum absolute atomic E-state index is 0.677. The Bertz CT molecular complexity index is 495. The van der Waals surface area contributed by atoms with Gasteiger partial charge in [-0.15, -0.1) is 0 Å². The summed E-state index contributed by atoms with van der Waals surface area (Å²) in [6, 6.07) is 5.62. The van der Waals surface area contributed by atoms with Crippen LogP contribution in [0.5, 0.6) is 0 Å². The summed E-state index contributed by atoms with van der Waals surface area (Å²) in [5.41, 5.74) is 8.05. The molecule has 1 aromatic carbocycles. The van der Waals surface area contributed by atoms with Crippen molar-refractivity contribution in [2.45, 2.75) is 5.75 Å². The summed E-state index contributed by atoms with van der Waals surface area (Å²) in [5, 5.41) is 0. The summed E-state index contributed by atoms with van der Waals surface area (Å²) < 4.78 is 5.63. The molecule has 0 unspecified atom stereocenters. The summed E-state index contributed by atoms with van der Waals surface area (Å²) >= 11 is 1.82. The summed E-state index contributed by atoms with van der Waals surface area (Å²) in [5.74, 6) is 2.62. The van der Waals surface area contributed by atoms with Crippen molar-refractivity contribution in [2.75, 3.05) is 32.1 Å². The van der Waals surface area contributed by atoms with Crippen molar-refractivity contribution in [3.05, 3.63) is 24.1 Å². The first kappa shape index (κ1) is 12.3. The normalized spacial score (nSPS) is 11.5. The molecule has 0 aliphatic rings. The van der Waals surface area contributed by atoms with Crippen LogP contribution in [0.15, 0.2) is 22.6 Å². The number of aromatic nitrogens is 1. The number of nitrogens with zero attached hydrogens (tertiary/aromatic N) is 2. The summed E-state index contributed by atoms with van der Waals surface area (Å²) in [7, 11) is 4.14. The Kier molecular flexibility index (Phi) is 3.91. The summed E-state index contributed by atoms with van der Waals surface area (Å²) in [6.45, 7) is 1.06. The third-order valence-electron chi connectivity index (χ3n) is 2.40. The molecule has 5 heteroatoms. The SMILES string of the molecule is CN(C)CCSCc1nc2c(N)cccc2o1. The van der Waals surface area contributed by atoms with Gasteiger partial charge in [-0.05, 0) is 26.2 Å². The summed E-state index contributed by atoms with van der Waals surface area (Å²) in [4.78, 5) is 6.57. The van der Waals surface area contributed by atoms with Gasteiger partial charge in [-0.3, -0.25) is 0 Å². The quantitative estimate of drug-likeness (QED) is 0.652. The smallest absolute Gasteiger partial charge is 0.205 e. The van der Waals surface area contributed by atoms with Gasteiger partial charge in [-0.2, -0.15) is 11.8 Å². The van der Waals surface area contributed by atoms with Crippen molar-refractivity contribution in [3.8, 4) is 0 Å². The number of nitrogens with two attached hydrogens (primary N) is 1. The second-order valence-electron chi connectivity index (χ2n) is 4.16. The van der Waals surface area contributed by atoms with Gasteiger partial charge >= 0.3 is 0 Å². The van der Waals surface area contributed by atoms with E-state index >= 15 is 0 Å². The number of oxazole rings is 1. The number of para-hydroxylation sites is 1. The topological polar surface area (TPSA) is 55.3 Å². The maximum Gasteiger partial charge on any atom is 0.205 e. The van der Waals surface area contributed by atoms with Crippen LogP contribution in [0.3, 0.4) is 0 Å². The summed E-state index contributed by atoms with van der Waals surface area (Å²) in [6.07, 6.45) is 0. The lowest BCUT2D eigenvalue weighted by atomic mass is 10.3. The van der Waals surface area contributed by atoms with Gasteiger partial charge < -0.3 is 15.1 Å². The molecular formula is C12H17N3OS. The fourth-order valence-electron chi connectivity index (χ4n) is 1.48. The Morgan fingerprint density at radius 1 is 1.41 bits per heavy atom. The molecule has 2 aromatic rings. The minimum Gasteiger partial charge on any atom is -0.440 e. The fraction of sp³-hybridized carbons (Fsp3) is 0.417. The number of fused-ring (bicyclic) bond motifs is 1. The predicted molar refractivity (Wildman–Crippen MR) is 73.1 cm³/mol. The molecule has 17 heavy (non-hydrogen) atoms. The number of benzene rings is 1. The largest absolute Gasteiger partial charge is 0.440 e. The van der Waals surface area contributed by atoms with Gasteiger partial charge in [-0.25, -0.2) is 4.98 Å². The van der Waals surface area contributed by atoms with Crippen molar-refractivity contribution >= 4 is 28.5 Å². The van der Waals surface area contributed by atoms with Crippen LogP contribution in [-0.4, -0.2) is 36.3 Å². The van der Waals surface area contributed by atoms with Crippen molar-refractivity contribution in [1.82, 2.24) is 9.88 Å². The van der Waals surface area contributed by atoms with E-state index in [1.807, 2.05) is 30.0 Å². The second-order valence-corrected chi connectivity index (χ2v) is 5.26. The molecule has 1 aromatic heterocycles. The zero-order chi connectivity index (χ0) is 12.3. The highest BCUT2D eigenvalue weighted by atomic mass is 32.2. The number of hydrogen-bond donors (Lipinski definition) is 1. The highest BCUT2D eigenvalue weighted by molar-refractivity contribution is 7.98. The predicted octanol–water partition coefficient (Wildman–Crippen LogP) is 2.20. The molecule has 0 aliphatic heterocycles. The molecule has 2 rings (SSSR count). The molecule has 0 saturated carbocycles. The standard InChI is InChI=1S/C12H17N3OS/c1-15(2)6-7-17-8-11-14-12-9(13)4-3-5-10(12)16-11/h3-5H,6-8,13H2,1-2H3. The van der Waals surface area contributed by atoms with Crippen LogP contribution in [0, 0.1) is 0 Å². The second kappa shape index (κ2) is 5.42. The lowest BCUT2D eigenvalue weighted by molar-refractivity contribution is 0.437. The zero-order valence-corrected chi connectivity index (χ0v) is 11.0. The van der Waals surface area contributed by atoms with Crippen molar-refractivity contribution in [3.63, 3.8) is 0 Å². The first-order valence-corrected chi connectivity index (χ1v) is 6.68. The Hall–Kier alpha value is -1.20. The van der Waals surface area contributed by atoms with Crippen LogP contribution in [-0.2, 0) is 5.75 Å². The molecular weight excluding hydrogens is 234 g/mol. The third-order valence-corrected chi connectivity index (χ3v) is 3.33. The van der Waals surface area contributed by atoms with Gasteiger partial charge in [-0.1, -0.05) is 6.07 Å². The Morgan fingerprint density at radius 2 is 2.24 bits per heavy atom. The maximum absolute atomic E-state index is 5.83. The van der Waals surface area contributed by atoms with Crippen LogP contribution in [0.4, 0.5) is 5.69 Å². The number of thioether (sulfide) groups is 1. The van der Waals surface area contributed by atoms with Gasteiger partial charge in [0, 0.05) is 12.3 Å². The number of anilines is 1. The molecule has 0 bridgehead atoms. The Morgan fingerprint density at radius 3 is 2.94 bits per heavy atom. The fourth-order valence-corrected chi connectivity index (χ4v) is 2.42. The average Bonchev–Trinajstić information content (AvgIpc) is 2.69. The van der Waals surface area contributed by atoms with Crippen LogP contribution in [0.25, 0.3) is 11.1 Å².